The minimum Gasteiger partial charge on any atom is -0.363 e. The van der Waals surface area contributed by atoms with E-state index < -0.39 is 11.8 Å². The first-order valence-corrected chi connectivity index (χ1v) is 5.77. The molecule has 5 nitrogen and oxygen atoms in total. The number of nitrogens with zero attached hydrogens (tertiary/aromatic N) is 2. The molecule has 5 heteroatoms. The molecule has 0 aromatic heterocycles. The molecule has 0 saturated heterocycles. The molecular formula is C13H16N2O3. The number of Topliss-reactive ketones (excluding diaryl/α,β-unsaturated/α-hetero) is 1. The Kier molecular flexibility index (Phi) is 3.19. The van der Waals surface area contributed by atoms with Crippen LogP contribution in [-0.4, -0.2) is 33.5 Å². The topological polar surface area (TPSA) is 62.1 Å². The number of hydrogen-bond donors (Lipinski definition) is 1. The van der Waals surface area contributed by atoms with E-state index in [-0.39, 0.29) is 5.78 Å². The molecular weight excluding hydrogens is 232 g/mol. The maximum atomic E-state index is 11.5. The quantitative estimate of drug-likeness (QED) is 0.867. The van der Waals surface area contributed by atoms with E-state index in [1.54, 1.807) is 6.92 Å². The summed E-state index contributed by atoms with van der Waals surface area (Å²) in [4.78, 5) is 16.7. The highest BCUT2D eigenvalue weighted by Gasteiger charge is 2.46. The molecule has 0 bridgehead atoms. The van der Waals surface area contributed by atoms with Crippen molar-refractivity contribution in [3.63, 3.8) is 0 Å². The highest BCUT2D eigenvalue weighted by atomic mass is 16.7. The van der Waals surface area contributed by atoms with Crippen LogP contribution in [0.25, 0.3) is 0 Å². The summed E-state index contributed by atoms with van der Waals surface area (Å²) in [5.74, 6) is -0.298. The van der Waals surface area contributed by atoms with Crippen molar-refractivity contribution in [2.75, 3.05) is 0 Å². The highest BCUT2D eigenvalue weighted by Crippen LogP contribution is 2.26. The van der Waals surface area contributed by atoms with E-state index in [0.717, 1.165) is 10.6 Å². The monoisotopic (exact) mass is 248 g/mol. The van der Waals surface area contributed by atoms with E-state index in [2.05, 4.69) is 5.16 Å². The second-order valence-corrected chi connectivity index (χ2v) is 4.49. The number of hydroxylamine groups is 2. The van der Waals surface area contributed by atoms with Crippen LogP contribution in [0.4, 0.5) is 0 Å². The van der Waals surface area contributed by atoms with Crippen molar-refractivity contribution in [2.24, 2.45) is 5.16 Å². The molecule has 1 heterocycles. The smallest absolute Gasteiger partial charge is 0.268 e. The number of ketones is 1. The van der Waals surface area contributed by atoms with Crippen LogP contribution in [-0.2, 0) is 9.63 Å². The average Bonchev–Trinajstić information content (AvgIpc) is 2.37. The maximum Gasteiger partial charge on any atom is 0.268 e. The summed E-state index contributed by atoms with van der Waals surface area (Å²) < 4.78 is 0. The van der Waals surface area contributed by atoms with E-state index in [9.17, 15) is 10.0 Å². The first kappa shape index (κ1) is 12.7. The van der Waals surface area contributed by atoms with Gasteiger partial charge < -0.3 is 10.0 Å². The predicted molar refractivity (Wildman–Crippen MR) is 66.2 cm³/mol. The summed E-state index contributed by atoms with van der Waals surface area (Å²) in [7, 11) is 0. The van der Waals surface area contributed by atoms with Crippen LogP contribution in [0.15, 0.2) is 35.5 Å². The molecule has 0 radical (unpaired) electrons. The first-order chi connectivity index (χ1) is 8.47. The van der Waals surface area contributed by atoms with Gasteiger partial charge in [0.25, 0.3) is 5.72 Å². The third kappa shape index (κ3) is 1.91. The molecule has 0 unspecified atom stereocenters. The molecule has 0 fully saturated rings. The lowest BCUT2D eigenvalue weighted by Gasteiger charge is -2.39. The Morgan fingerprint density at radius 1 is 1.44 bits per heavy atom. The molecule has 1 aromatic rings. The number of oxime groups is 1. The van der Waals surface area contributed by atoms with E-state index in [1.807, 2.05) is 30.3 Å². The number of carbonyl (C=O) groups excluding carboxylic acids is 1. The molecule has 1 aliphatic rings. The Hall–Kier alpha value is -1.72. The summed E-state index contributed by atoms with van der Waals surface area (Å²) in [5.41, 5.74) is 0.0315. The molecule has 0 spiro atoms. The van der Waals surface area contributed by atoms with Crippen LogP contribution in [0.3, 0.4) is 0 Å². The van der Waals surface area contributed by atoms with E-state index in [0.29, 0.717) is 5.71 Å². The standard InChI is InChI=1S/C13H16N2O3/c1-9-12(11-7-5-4-6-8-11)14-18-13(3,10(2)16)15(9)17/h4-9,17H,1-3H3/t9-,13-/m1/s1. The van der Waals surface area contributed by atoms with Gasteiger partial charge in [-0.05, 0) is 6.92 Å². The van der Waals surface area contributed by atoms with Crippen LogP contribution < -0.4 is 0 Å². The van der Waals surface area contributed by atoms with Crippen LogP contribution >= 0.6 is 0 Å². The van der Waals surface area contributed by atoms with Crippen molar-refractivity contribution in [3.8, 4) is 0 Å². The summed E-state index contributed by atoms with van der Waals surface area (Å²) in [6, 6.07) is 8.99. The van der Waals surface area contributed by atoms with Crippen molar-refractivity contribution in [1.82, 2.24) is 5.06 Å². The van der Waals surface area contributed by atoms with Crippen LogP contribution in [0.2, 0.25) is 0 Å². The number of carbonyl (C=O) groups is 1. The summed E-state index contributed by atoms with van der Waals surface area (Å²) in [5, 5.41) is 15.0. The van der Waals surface area contributed by atoms with Crippen LogP contribution in [0.5, 0.6) is 0 Å². The second kappa shape index (κ2) is 4.51. The van der Waals surface area contributed by atoms with E-state index >= 15 is 0 Å². The van der Waals surface area contributed by atoms with E-state index in [1.165, 1.54) is 13.8 Å². The Labute approximate surface area is 106 Å². The van der Waals surface area contributed by atoms with Crippen molar-refractivity contribution in [1.29, 1.82) is 0 Å². The van der Waals surface area contributed by atoms with Crippen LogP contribution in [0, 0.1) is 0 Å². The fraction of sp³-hybridized carbons (Fsp3) is 0.385. The lowest BCUT2D eigenvalue weighted by molar-refractivity contribution is -0.277. The van der Waals surface area contributed by atoms with Gasteiger partial charge >= 0.3 is 0 Å². The van der Waals surface area contributed by atoms with Crippen molar-refractivity contribution >= 4 is 11.5 Å². The molecule has 0 aliphatic carbocycles. The molecule has 2 atom stereocenters. The van der Waals surface area contributed by atoms with Gasteiger partial charge in [-0.2, -0.15) is 0 Å². The Morgan fingerprint density at radius 3 is 2.61 bits per heavy atom. The van der Waals surface area contributed by atoms with Gasteiger partial charge in [0, 0.05) is 19.4 Å². The maximum absolute atomic E-state index is 11.5. The van der Waals surface area contributed by atoms with Crippen LogP contribution in [0.1, 0.15) is 26.3 Å². The Bertz CT molecular complexity index is 486. The SMILES string of the molecule is CC(=O)[C@@]1(C)ON=C(c2ccccc2)[C@@H](C)N1O. The van der Waals surface area contributed by atoms with Gasteiger partial charge in [-0.3, -0.25) is 4.79 Å². The summed E-state index contributed by atoms with van der Waals surface area (Å²) >= 11 is 0. The lowest BCUT2D eigenvalue weighted by atomic mass is 10.0. The van der Waals surface area contributed by atoms with Gasteiger partial charge in [-0.25, -0.2) is 0 Å². The normalized spacial score (nSPS) is 28.4. The fourth-order valence-electron chi connectivity index (χ4n) is 1.87. The van der Waals surface area contributed by atoms with Gasteiger partial charge in [-0.15, -0.1) is 5.06 Å². The molecule has 96 valence electrons. The van der Waals surface area contributed by atoms with Crippen molar-refractivity contribution in [2.45, 2.75) is 32.5 Å². The van der Waals surface area contributed by atoms with Gasteiger partial charge in [-0.1, -0.05) is 35.5 Å². The van der Waals surface area contributed by atoms with Gasteiger partial charge in [0.15, 0.2) is 5.78 Å². The zero-order valence-corrected chi connectivity index (χ0v) is 10.6. The summed E-state index contributed by atoms with van der Waals surface area (Å²) in [6.45, 7) is 4.63. The predicted octanol–water partition coefficient (Wildman–Crippen LogP) is 1.81. The highest BCUT2D eigenvalue weighted by molar-refractivity contribution is 6.04. The largest absolute Gasteiger partial charge is 0.363 e. The molecule has 1 N–H and O–H groups in total. The molecule has 18 heavy (non-hydrogen) atoms. The fourth-order valence-corrected chi connectivity index (χ4v) is 1.87. The number of benzene rings is 1. The zero-order valence-electron chi connectivity index (χ0n) is 10.6. The minimum absolute atomic E-state index is 0.298. The van der Waals surface area contributed by atoms with Crippen molar-refractivity contribution < 1.29 is 14.8 Å². The molecule has 0 saturated carbocycles. The van der Waals surface area contributed by atoms with Crippen molar-refractivity contribution in [3.05, 3.63) is 35.9 Å². The Balaban J connectivity index is 2.38. The third-order valence-electron chi connectivity index (χ3n) is 3.24. The van der Waals surface area contributed by atoms with Gasteiger partial charge in [0.1, 0.15) is 5.71 Å². The first-order valence-electron chi connectivity index (χ1n) is 5.77. The molecule has 0 amide bonds. The number of rotatable bonds is 2. The Morgan fingerprint density at radius 2 is 2.06 bits per heavy atom. The average molecular weight is 248 g/mol. The van der Waals surface area contributed by atoms with E-state index in [4.69, 9.17) is 4.84 Å². The zero-order chi connectivity index (χ0) is 13.3. The lowest BCUT2D eigenvalue weighted by Crippen LogP contribution is -2.59. The second-order valence-electron chi connectivity index (χ2n) is 4.49. The van der Waals surface area contributed by atoms with Gasteiger partial charge in [0.05, 0.1) is 6.04 Å². The summed E-state index contributed by atoms with van der Waals surface area (Å²) in [6.07, 6.45) is 0. The number of hydrogen-bond acceptors (Lipinski definition) is 5. The third-order valence-corrected chi connectivity index (χ3v) is 3.24. The molecule has 1 aliphatic heterocycles. The molecule has 2 rings (SSSR count). The van der Waals surface area contributed by atoms with Gasteiger partial charge in [0.2, 0.25) is 0 Å². The molecule has 1 aromatic carbocycles. The minimum atomic E-state index is -1.42.